The predicted octanol–water partition coefficient (Wildman–Crippen LogP) is 2.99. The number of hydrogen-bond donors (Lipinski definition) is 0. The average molecular weight is 236 g/mol. The standard InChI is InChI=1S/C11H12N2O2S/c1-9(7-16-8-12)6-10-2-4-11(5-3-10)13(14)15/h2-5,9H,6-7H2,1H3. The summed E-state index contributed by atoms with van der Waals surface area (Å²) in [5.41, 5.74) is 1.18. The first-order valence-electron chi connectivity index (χ1n) is 4.87. The Kier molecular flexibility index (Phi) is 4.80. The Bertz CT molecular complexity index is 397. The van der Waals surface area contributed by atoms with Crippen LogP contribution in [0.3, 0.4) is 0 Å². The number of nitro groups is 1. The Hall–Kier alpha value is -1.54. The van der Waals surface area contributed by atoms with Crippen LogP contribution in [-0.2, 0) is 6.42 Å². The number of thioether (sulfide) groups is 1. The van der Waals surface area contributed by atoms with Gasteiger partial charge in [-0.3, -0.25) is 10.1 Å². The monoisotopic (exact) mass is 236 g/mol. The summed E-state index contributed by atoms with van der Waals surface area (Å²) in [5, 5.41) is 20.9. The van der Waals surface area contributed by atoms with E-state index in [1.54, 1.807) is 12.1 Å². The number of benzene rings is 1. The zero-order valence-corrected chi connectivity index (χ0v) is 9.74. The Labute approximate surface area is 98.4 Å². The molecule has 1 unspecified atom stereocenters. The van der Waals surface area contributed by atoms with Crippen LogP contribution in [0.15, 0.2) is 24.3 Å². The summed E-state index contributed by atoms with van der Waals surface area (Å²) in [7, 11) is 0. The molecule has 0 N–H and O–H groups in total. The van der Waals surface area contributed by atoms with E-state index in [0.717, 1.165) is 17.7 Å². The van der Waals surface area contributed by atoms with Crippen molar-refractivity contribution in [1.82, 2.24) is 0 Å². The molecule has 0 spiro atoms. The van der Waals surface area contributed by atoms with Crippen LogP contribution in [0.1, 0.15) is 12.5 Å². The van der Waals surface area contributed by atoms with Crippen LogP contribution < -0.4 is 0 Å². The van der Waals surface area contributed by atoms with Crippen LogP contribution in [0.2, 0.25) is 0 Å². The Morgan fingerprint density at radius 3 is 2.62 bits per heavy atom. The van der Waals surface area contributed by atoms with Crippen LogP contribution in [0.25, 0.3) is 0 Å². The third kappa shape index (κ3) is 3.91. The second-order valence-electron chi connectivity index (χ2n) is 3.64. The zero-order chi connectivity index (χ0) is 12.0. The second-order valence-corrected chi connectivity index (χ2v) is 4.44. The Morgan fingerprint density at radius 2 is 2.12 bits per heavy atom. The van der Waals surface area contributed by atoms with Gasteiger partial charge in [-0.05, 0) is 29.7 Å². The molecule has 0 amide bonds. The maximum Gasteiger partial charge on any atom is 0.269 e. The van der Waals surface area contributed by atoms with E-state index in [2.05, 4.69) is 6.92 Å². The summed E-state index contributed by atoms with van der Waals surface area (Å²) in [6.45, 7) is 2.06. The number of nitrogens with zero attached hydrogens (tertiary/aromatic N) is 2. The molecule has 1 atom stereocenters. The van der Waals surface area contributed by atoms with Gasteiger partial charge in [-0.25, -0.2) is 0 Å². The minimum absolute atomic E-state index is 0.114. The van der Waals surface area contributed by atoms with Gasteiger partial charge < -0.3 is 0 Å². The van der Waals surface area contributed by atoms with Crippen molar-refractivity contribution in [2.75, 3.05) is 5.75 Å². The van der Waals surface area contributed by atoms with Crippen molar-refractivity contribution in [2.24, 2.45) is 5.92 Å². The summed E-state index contributed by atoms with van der Waals surface area (Å²) < 4.78 is 0. The number of non-ortho nitro benzene ring substituents is 1. The van der Waals surface area contributed by atoms with E-state index < -0.39 is 4.92 Å². The van der Waals surface area contributed by atoms with Crippen molar-refractivity contribution in [2.45, 2.75) is 13.3 Å². The van der Waals surface area contributed by atoms with Gasteiger partial charge in [0.25, 0.3) is 5.69 Å². The van der Waals surface area contributed by atoms with Crippen molar-refractivity contribution in [3.63, 3.8) is 0 Å². The maximum atomic E-state index is 10.4. The van der Waals surface area contributed by atoms with Gasteiger partial charge in [0.1, 0.15) is 5.40 Å². The molecule has 0 saturated carbocycles. The highest BCUT2D eigenvalue weighted by Crippen LogP contribution is 2.16. The topological polar surface area (TPSA) is 66.9 Å². The second kappa shape index (κ2) is 6.13. The number of nitriles is 1. The van der Waals surface area contributed by atoms with E-state index in [4.69, 9.17) is 5.26 Å². The van der Waals surface area contributed by atoms with E-state index in [1.165, 1.54) is 23.9 Å². The molecule has 1 aromatic carbocycles. The molecule has 16 heavy (non-hydrogen) atoms. The van der Waals surface area contributed by atoms with Crippen molar-refractivity contribution >= 4 is 17.4 Å². The number of nitro benzene ring substituents is 1. The van der Waals surface area contributed by atoms with Crippen molar-refractivity contribution in [3.05, 3.63) is 39.9 Å². The molecule has 0 aliphatic heterocycles. The quantitative estimate of drug-likeness (QED) is 0.448. The fourth-order valence-electron chi connectivity index (χ4n) is 1.39. The molecule has 0 aliphatic rings. The molecule has 0 heterocycles. The van der Waals surface area contributed by atoms with Crippen molar-refractivity contribution < 1.29 is 4.92 Å². The van der Waals surface area contributed by atoms with E-state index in [0.29, 0.717) is 5.92 Å². The molecular weight excluding hydrogens is 224 g/mol. The molecule has 1 aromatic rings. The summed E-state index contributed by atoms with van der Waals surface area (Å²) in [6, 6.07) is 6.57. The summed E-state index contributed by atoms with van der Waals surface area (Å²) in [6.07, 6.45) is 0.840. The molecule has 4 nitrogen and oxygen atoms in total. The van der Waals surface area contributed by atoms with Crippen LogP contribution in [-0.4, -0.2) is 10.7 Å². The Balaban J connectivity index is 2.55. The number of hydrogen-bond acceptors (Lipinski definition) is 4. The lowest BCUT2D eigenvalue weighted by Crippen LogP contribution is -2.02. The number of thiocyanates is 1. The fourth-order valence-corrected chi connectivity index (χ4v) is 1.87. The molecule has 84 valence electrons. The van der Waals surface area contributed by atoms with Crippen LogP contribution in [0.4, 0.5) is 5.69 Å². The summed E-state index contributed by atoms with van der Waals surface area (Å²) >= 11 is 1.24. The molecule has 0 saturated heterocycles. The van der Waals surface area contributed by atoms with Gasteiger partial charge in [0, 0.05) is 17.9 Å². The summed E-state index contributed by atoms with van der Waals surface area (Å²) in [4.78, 5) is 10.0. The van der Waals surface area contributed by atoms with Gasteiger partial charge in [0.2, 0.25) is 0 Å². The van der Waals surface area contributed by atoms with Gasteiger partial charge in [-0.2, -0.15) is 5.26 Å². The molecular formula is C11H12N2O2S. The third-order valence-corrected chi connectivity index (χ3v) is 3.03. The van der Waals surface area contributed by atoms with Crippen LogP contribution in [0.5, 0.6) is 0 Å². The molecule has 0 bridgehead atoms. The van der Waals surface area contributed by atoms with E-state index >= 15 is 0 Å². The smallest absolute Gasteiger partial charge is 0.258 e. The van der Waals surface area contributed by atoms with Crippen molar-refractivity contribution in [3.8, 4) is 5.40 Å². The van der Waals surface area contributed by atoms with Crippen molar-refractivity contribution in [1.29, 1.82) is 5.26 Å². The van der Waals surface area contributed by atoms with E-state index in [1.807, 2.05) is 5.40 Å². The minimum atomic E-state index is -0.404. The lowest BCUT2D eigenvalue weighted by atomic mass is 10.0. The fraction of sp³-hybridized carbons (Fsp3) is 0.364. The average Bonchev–Trinajstić information content (AvgIpc) is 2.27. The highest BCUT2D eigenvalue weighted by molar-refractivity contribution is 8.03. The first kappa shape index (κ1) is 12.5. The predicted molar refractivity (Wildman–Crippen MR) is 64.0 cm³/mol. The largest absolute Gasteiger partial charge is 0.269 e. The number of rotatable bonds is 5. The SMILES string of the molecule is CC(CSC#N)Cc1ccc([N+](=O)[O-])cc1. The van der Waals surface area contributed by atoms with E-state index in [-0.39, 0.29) is 5.69 Å². The summed E-state index contributed by atoms with van der Waals surface area (Å²) in [5.74, 6) is 1.18. The van der Waals surface area contributed by atoms with Crippen LogP contribution in [0, 0.1) is 26.7 Å². The molecule has 0 aromatic heterocycles. The molecule has 0 fully saturated rings. The van der Waals surface area contributed by atoms with Gasteiger partial charge in [-0.1, -0.05) is 19.1 Å². The first-order chi connectivity index (χ1) is 7.63. The van der Waals surface area contributed by atoms with Gasteiger partial charge in [0.05, 0.1) is 4.92 Å². The lowest BCUT2D eigenvalue weighted by Gasteiger charge is -2.08. The molecule has 0 aliphatic carbocycles. The third-order valence-electron chi connectivity index (χ3n) is 2.16. The molecule has 5 heteroatoms. The minimum Gasteiger partial charge on any atom is -0.258 e. The molecule has 1 rings (SSSR count). The van der Waals surface area contributed by atoms with Crippen LogP contribution >= 0.6 is 11.8 Å². The highest BCUT2D eigenvalue weighted by atomic mass is 32.2. The maximum absolute atomic E-state index is 10.4. The first-order valence-corrected chi connectivity index (χ1v) is 5.86. The van der Waals surface area contributed by atoms with Gasteiger partial charge in [0.15, 0.2) is 0 Å². The highest BCUT2D eigenvalue weighted by Gasteiger charge is 2.07. The normalized spacial score (nSPS) is 11.8. The lowest BCUT2D eigenvalue weighted by molar-refractivity contribution is -0.384. The van der Waals surface area contributed by atoms with E-state index in [9.17, 15) is 10.1 Å². The molecule has 0 radical (unpaired) electrons. The zero-order valence-electron chi connectivity index (χ0n) is 8.92. The van der Waals surface area contributed by atoms with Gasteiger partial charge >= 0.3 is 0 Å². The Morgan fingerprint density at radius 1 is 1.50 bits per heavy atom. The van der Waals surface area contributed by atoms with Gasteiger partial charge in [-0.15, -0.1) is 0 Å².